The van der Waals surface area contributed by atoms with Crippen LogP contribution in [0.2, 0.25) is 5.02 Å². The summed E-state index contributed by atoms with van der Waals surface area (Å²) in [6.07, 6.45) is 1.73. The van der Waals surface area contributed by atoms with Crippen molar-refractivity contribution in [2.45, 2.75) is 33.6 Å². The molecule has 0 aliphatic carbocycles. The van der Waals surface area contributed by atoms with E-state index in [0.29, 0.717) is 23.0 Å². The van der Waals surface area contributed by atoms with Gasteiger partial charge in [0.05, 0.1) is 12.3 Å². The molecule has 0 unspecified atom stereocenters. The molecule has 3 rings (SSSR count). The van der Waals surface area contributed by atoms with Crippen molar-refractivity contribution in [3.8, 4) is 11.1 Å². The number of fused-ring (bicyclic) bond motifs is 1. The van der Waals surface area contributed by atoms with Crippen LogP contribution in [0.15, 0.2) is 30.3 Å². The molecule has 0 radical (unpaired) electrons. The second-order valence-electron chi connectivity index (χ2n) is 5.81. The van der Waals surface area contributed by atoms with Crippen LogP contribution in [0.3, 0.4) is 0 Å². The molecule has 0 saturated heterocycles. The van der Waals surface area contributed by atoms with Crippen molar-refractivity contribution < 1.29 is 9.53 Å². The molecule has 1 aromatic carbocycles. The molecule has 0 atom stereocenters. The van der Waals surface area contributed by atoms with Gasteiger partial charge >= 0.3 is 5.97 Å². The van der Waals surface area contributed by atoms with Crippen LogP contribution in [0.5, 0.6) is 0 Å². The standard InChI is InChI=1S/C19H20ClN3O2/c1-4-7-15-11-16(19(24)25-5-2)21-18-17(12(3)22-23(15)18)13-8-6-9-14(20)10-13/h6,8-11H,4-5,7H2,1-3H3. The van der Waals surface area contributed by atoms with Crippen molar-refractivity contribution in [1.82, 2.24) is 14.6 Å². The SMILES string of the molecule is CCCc1cc(C(=O)OCC)nc2c(-c3cccc(Cl)c3)c(C)nn12. The predicted octanol–water partition coefficient (Wildman–Crippen LogP) is 4.49. The van der Waals surface area contributed by atoms with Gasteiger partial charge in [-0.1, -0.05) is 37.1 Å². The van der Waals surface area contributed by atoms with Crippen molar-refractivity contribution in [3.63, 3.8) is 0 Å². The molecular weight excluding hydrogens is 338 g/mol. The zero-order valence-electron chi connectivity index (χ0n) is 14.5. The highest BCUT2D eigenvalue weighted by molar-refractivity contribution is 6.30. The number of ether oxygens (including phenoxy) is 1. The molecule has 5 nitrogen and oxygen atoms in total. The van der Waals surface area contributed by atoms with Crippen LogP contribution < -0.4 is 0 Å². The van der Waals surface area contributed by atoms with E-state index >= 15 is 0 Å². The molecule has 2 aromatic heterocycles. The number of carbonyl (C=O) groups is 1. The van der Waals surface area contributed by atoms with Crippen molar-refractivity contribution in [1.29, 1.82) is 0 Å². The number of nitrogens with zero attached hydrogens (tertiary/aromatic N) is 3. The van der Waals surface area contributed by atoms with Crippen LogP contribution in [-0.4, -0.2) is 27.2 Å². The molecule has 0 saturated carbocycles. The fraction of sp³-hybridized carbons (Fsp3) is 0.316. The highest BCUT2D eigenvalue weighted by Crippen LogP contribution is 2.30. The Hall–Kier alpha value is -2.40. The predicted molar refractivity (Wildman–Crippen MR) is 98.1 cm³/mol. The van der Waals surface area contributed by atoms with E-state index in [9.17, 15) is 4.79 Å². The summed E-state index contributed by atoms with van der Waals surface area (Å²) in [6, 6.07) is 9.33. The van der Waals surface area contributed by atoms with E-state index in [0.717, 1.165) is 35.4 Å². The van der Waals surface area contributed by atoms with Gasteiger partial charge in [0.2, 0.25) is 0 Å². The number of esters is 1. The smallest absolute Gasteiger partial charge is 0.357 e. The summed E-state index contributed by atoms with van der Waals surface area (Å²) < 4.78 is 6.95. The number of aromatic nitrogens is 3. The van der Waals surface area contributed by atoms with Crippen LogP contribution in [0.4, 0.5) is 0 Å². The van der Waals surface area contributed by atoms with Gasteiger partial charge < -0.3 is 4.74 Å². The molecule has 3 aromatic rings. The first-order valence-electron chi connectivity index (χ1n) is 8.37. The zero-order chi connectivity index (χ0) is 18.0. The number of hydrogen-bond acceptors (Lipinski definition) is 4. The molecule has 0 aliphatic rings. The van der Waals surface area contributed by atoms with Gasteiger partial charge in [-0.15, -0.1) is 0 Å². The lowest BCUT2D eigenvalue weighted by Crippen LogP contribution is -2.11. The lowest BCUT2D eigenvalue weighted by Gasteiger charge is -2.08. The number of benzene rings is 1. The molecule has 0 fully saturated rings. The average Bonchev–Trinajstić information content (AvgIpc) is 2.91. The normalized spacial score (nSPS) is 11.0. The third kappa shape index (κ3) is 3.37. The number of aryl methyl sites for hydroxylation is 2. The highest BCUT2D eigenvalue weighted by Gasteiger charge is 2.19. The average molecular weight is 358 g/mol. The van der Waals surface area contributed by atoms with Crippen LogP contribution in [0.25, 0.3) is 16.8 Å². The van der Waals surface area contributed by atoms with Crippen LogP contribution >= 0.6 is 11.6 Å². The Balaban J connectivity index is 2.27. The Labute approximate surface area is 151 Å². The van der Waals surface area contributed by atoms with Gasteiger partial charge in [-0.05, 0) is 44.0 Å². The molecule has 0 N–H and O–H groups in total. The first kappa shape index (κ1) is 17.4. The molecular formula is C19H20ClN3O2. The van der Waals surface area contributed by atoms with Gasteiger partial charge in [0.25, 0.3) is 0 Å². The summed E-state index contributed by atoms with van der Waals surface area (Å²) in [5.74, 6) is -0.418. The number of halogens is 1. The van der Waals surface area contributed by atoms with E-state index in [1.54, 1.807) is 13.0 Å². The highest BCUT2D eigenvalue weighted by atomic mass is 35.5. The first-order valence-corrected chi connectivity index (χ1v) is 8.75. The quantitative estimate of drug-likeness (QED) is 0.631. The van der Waals surface area contributed by atoms with Gasteiger partial charge in [0.15, 0.2) is 11.3 Å². The Kier molecular flexibility index (Phi) is 5.04. The van der Waals surface area contributed by atoms with Crippen molar-refractivity contribution >= 4 is 23.2 Å². The minimum Gasteiger partial charge on any atom is -0.461 e. The Bertz CT molecular complexity index is 934. The zero-order valence-corrected chi connectivity index (χ0v) is 15.3. The maximum absolute atomic E-state index is 12.2. The van der Waals surface area contributed by atoms with E-state index in [1.165, 1.54) is 0 Å². The fourth-order valence-electron chi connectivity index (χ4n) is 2.91. The molecule has 2 heterocycles. The summed E-state index contributed by atoms with van der Waals surface area (Å²) in [5.41, 5.74) is 4.54. The van der Waals surface area contributed by atoms with E-state index < -0.39 is 5.97 Å². The maximum Gasteiger partial charge on any atom is 0.357 e. The Morgan fingerprint density at radius 1 is 1.28 bits per heavy atom. The Morgan fingerprint density at radius 3 is 2.76 bits per heavy atom. The van der Waals surface area contributed by atoms with Gasteiger partial charge in [-0.3, -0.25) is 0 Å². The molecule has 25 heavy (non-hydrogen) atoms. The van der Waals surface area contributed by atoms with Gasteiger partial charge in [-0.25, -0.2) is 14.3 Å². The monoisotopic (exact) mass is 357 g/mol. The number of hydrogen-bond donors (Lipinski definition) is 0. The van der Waals surface area contributed by atoms with Crippen LogP contribution in [-0.2, 0) is 11.2 Å². The maximum atomic E-state index is 12.2. The summed E-state index contributed by atoms with van der Waals surface area (Å²) in [7, 11) is 0. The molecule has 0 spiro atoms. The van der Waals surface area contributed by atoms with Crippen molar-refractivity contribution in [2.24, 2.45) is 0 Å². The number of rotatable bonds is 5. The third-order valence-electron chi connectivity index (χ3n) is 3.94. The summed E-state index contributed by atoms with van der Waals surface area (Å²) in [6.45, 7) is 6.12. The van der Waals surface area contributed by atoms with Gasteiger partial charge in [-0.2, -0.15) is 5.10 Å². The third-order valence-corrected chi connectivity index (χ3v) is 4.18. The Morgan fingerprint density at radius 2 is 2.08 bits per heavy atom. The topological polar surface area (TPSA) is 56.5 Å². The summed E-state index contributed by atoms with van der Waals surface area (Å²) in [4.78, 5) is 16.8. The van der Waals surface area contributed by atoms with Crippen LogP contribution in [0, 0.1) is 6.92 Å². The molecule has 0 aliphatic heterocycles. The second-order valence-corrected chi connectivity index (χ2v) is 6.25. The van der Waals surface area contributed by atoms with Gasteiger partial charge in [0.1, 0.15) is 0 Å². The second kappa shape index (κ2) is 7.23. The summed E-state index contributed by atoms with van der Waals surface area (Å²) in [5, 5.41) is 5.29. The minimum atomic E-state index is -0.418. The summed E-state index contributed by atoms with van der Waals surface area (Å²) >= 11 is 6.15. The van der Waals surface area contributed by atoms with Crippen LogP contribution in [0.1, 0.15) is 42.1 Å². The van der Waals surface area contributed by atoms with E-state index in [-0.39, 0.29) is 0 Å². The lowest BCUT2D eigenvalue weighted by atomic mass is 10.1. The minimum absolute atomic E-state index is 0.306. The first-order chi connectivity index (χ1) is 12.0. The number of carbonyl (C=O) groups excluding carboxylic acids is 1. The van der Waals surface area contributed by atoms with E-state index in [2.05, 4.69) is 17.0 Å². The molecule has 0 amide bonds. The van der Waals surface area contributed by atoms with Crippen molar-refractivity contribution in [2.75, 3.05) is 6.61 Å². The largest absolute Gasteiger partial charge is 0.461 e. The lowest BCUT2D eigenvalue weighted by molar-refractivity contribution is 0.0519. The fourth-order valence-corrected chi connectivity index (χ4v) is 3.10. The van der Waals surface area contributed by atoms with E-state index in [4.69, 9.17) is 16.3 Å². The van der Waals surface area contributed by atoms with Gasteiger partial charge in [0, 0.05) is 16.3 Å². The van der Waals surface area contributed by atoms with Crippen molar-refractivity contribution in [3.05, 3.63) is 52.4 Å². The molecule has 6 heteroatoms. The molecule has 0 bridgehead atoms. The van der Waals surface area contributed by atoms with E-state index in [1.807, 2.05) is 35.7 Å². The molecule has 130 valence electrons.